The number of halogens is 1. The zero-order chi connectivity index (χ0) is 12.3. The van der Waals surface area contributed by atoms with E-state index in [1.807, 2.05) is 6.07 Å². The summed E-state index contributed by atoms with van der Waals surface area (Å²) in [7, 11) is 0. The van der Waals surface area contributed by atoms with Crippen LogP contribution in [0, 0.1) is 10.1 Å². The molecule has 1 aromatic carbocycles. The number of rotatable bonds is 3. The second kappa shape index (κ2) is 6.71. The van der Waals surface area contributed by atoms with E-state index in [2.05, 4.69) is 11.8 Å². The van der Waals surface area contributed by atoms with Crippen molar-refractivity contribution in [1.82, 2.24) is 4.90 Å². The van der Waals surface area contributed by atoms with Gasteiger partial charge in [-0.2, -0.15) is 0 Å². The molecular formula is C13H19ClN2O2. The van der Waals surface area contributed by atoms with Gasteiger partial charge in [-0.05, 0) is 31.9 Å². The molecule has 1 heterocycles. The SMILES string of the molecule is CC1CCCCN1Cc1cccc([N+](=O)[O-])c1.Cl. The Morgan fingerprint density at radius 2 is 2.22 bits per heavy atom. The Kier molecular flexibility index (Phi) is 5.56. The van der Waals surface area contributed by atoms with Crippen LogP contribution in [0.15, 0.2) is 24.3 Å². The highest BCUT2D eigenvalue weighted by molar-refractivity contribution is 5.85. The van der Waals surface area contributed by atoms with Crippen LogP contribution < -0.4 is 0 Å². The summed E-state index contributed by atoms with van der Waals surface area (Å²) in [4.78, 5) is 12.8. The van der Waals surface area contributed by atoms with Gasteiger partial charge < -0.3 is 0 Å². The lowest BCUT2D eigenvalue weighted by atomic mass is 10.0. The molecule has 0 radical (unpaired) electrons. The lowest BCUT2D eigenvalue weighted by Gasteiger charge is -2.33. The highest BCUT2D eigenvalue weighted by Gasteiger charge is 2.18. The smallest absolute Gasteiger partial charge is 0.269 e. The molecule has 0 aromatic heterocycles. The van der Waals surface area contributed by atoms with Gasteiger partial charge >= 0.3 is 0 Å². The Balaban J connectivity index is 0.00000162. The molecule has 100 valence electrons. The van der Waals surface area contributed by atoms with Gasteiger partial charge in [0.05, 0.1) is 4.92 Å². The molecule has 0 spiro atoms. The standard InChI is InChI=1S/C13H18N2O2.ClH/c1-11-5-2-3-8-14(11)10-12-6-4-7-13(9-12)15(16)17;/h4,6-7,9,11H,2-3,5,8,10H2,1H3;1H. The average Bonchev–Trinajstić information content (AvgIpc) is 2.32. The van der Waals surface area contributed by atoms with Gasteiger partial charge in [0.2, 0.25) is 0 Å². The molecule has 0 amide bonds. The highest BCUT2D eigenvalue weighted by Crippen LogP contribution is 2.21. The second-order valence-corrected chi connectivity index (χ2v) is 4.74. The largest absolute Gasteiger partial charge is 0.296 e. The van der Waals surface area contributed by atoms with Gasteiger partial charge in [0, 0.05) is 24.7 Å². The van der Waals surface area contributed by atoms with Crippen LogP contribution in [0.2, 0.25) is 0 Å². The Hall–Kier alpha value is -1.13. The summed E-state index contributed by atoms with van der Waals surface area (Å²) in [6.07, 6.45) is 3.76. The van der Waals surface area contributed by atoms with Gasteiger partial charge in [0.15, 0.2) is 0 Å². The van der Waals surface area contributed by atoms with Crippen molar-refractivity contribution in [2.24, 2.45) is 0 Å². The molecule has 0 N–H and O–H groups in total. The molecule has 1 saturated heterocycles. The molecule has 18 heavy (non-hydrogen) atoms. The number of piperidine rings is 1. The first kappa shape index (κ1) is 14.9. The fourth-order valence-electron chi connectivity index (χ4n) is 2.40. The number of likely N-dealkylation sites (tertiary alicyclic amines) is 1. The van der Waals surface area contributed by atoms with Crippen molar-refractivity contribution in [3.05, 3.63) is 39.9 Å². The Morgan fingerprint density at radius 3 is 2.89 bits per heavy atom. The number of nitro benzene ring substituents is 1. The number of hydrogen-bond donors (Lipinski definition) is 0. The van der Waals surface area contributed by atoms with E-state index in [9.17, 15) is 10.1 Å². The summed E-state index contributed by atoms with van der Waals surface area (Å²) >= 11 is 0. The third-order valence-corrected chi connectivity index (χ3v) is 3.45. The monoisotopic (exact) mass is 270 g/mol. The van der Waals surface area contributed by atoms with E-state index in [1.165, 1.54) is 19.3 Å². The number of benzene rings is 1. The summed E-state index contributed by atoms with van der Waals surface area (Å²) < 4.78 is 0. The number of nitro groups is 1. The molecule has 0 saturated carbocycles. The molecule has 4 nitrogen and oxygen atoms in total. The van der Waals surface area contributed by atoms with E-state index in [1.54, 1.807) is 18.2 Å². The van der Waals surface area contributed by atoms with Crippen LogP contribution >= 0.6 is 12.4 Å². The molecule has 1 unspecified atom stereocenters. The quantitative estimate of drug-likeness (QED) is 0.625. The minimum Gasteiger partial charge on any atom is -0.296 e. The van der Waals surface area contributed by atoms with Gasteiger partial charge in [0.1, 0.15) is 0 Å². The van der Waals surface area contributed by atoms with Crippen molar-refractivity contribution in [3.8, 4) is 0 Å². The van der Waals surface area contributed by atoms with E-state index >= 15 is 0 Å². The number of nitrogens with zero attached hydrogens (tertiary/aromatic N) is 2. The molecule has 0 aliphatic carbocycles. The lowest BCUT2D eigenvalue weighted by Crippen LogP contribution is -2.36. The molecule has 1 aromatic rings. The molecule has 2 rings (SSSR count). The maximum absolute atomic E-state index is 10.7. The maximum atomic E-state index is 10.7. The van der Waals surface area contributed by atoms with Crippen LogP contribution in [0.1, 0.15) is 31.7 Å². The van der Waals surface area contributed by atoms with Gasteiger partial charge in [-0.3, -0.25) is 15.0 Å². The third-order valence-electron chi connectivity index (χ3n) is 3.45. The van der Waals surface area contributed by atoms with Crippen molar-refractivity contribution < 1.29 is 4.92 Å². The number of non-ortho nitro benzene ring substituents is 1. The van der Waals surface area contributed by atoms with Crippen LogP contribution in [0.5, 0.6) is 0 Å². The first-order valence-electron chi connectivity index (χ1n) is 6.14. The summed E-state index contributed by atoms with van der Waals surface area (Å²) in [5.74, 6) is 0. The zero-order valence-corrected chi connectivity index (χ0v) is 11.4. The van der Waals surface area contributed by atoms with Crippen molar-refractivity contribution in [1.29, 1.82) is 0 Å². The summed E-state index contributed by atoms with van der Waals surface area (Å²) in [6.45, 7) is 4.16. The lowest BCUT2D eigenvalue weighted by molar-refractivity contribution is -0.384. The van der Waals surface area contributed by atoms with Crippen molar-refractivity contribution in [3.63, 3.8) is 0 Å². The minimum absolute atomic E-state index is 0. The normalized spacial score (nSPS) is 20.2. The maximum Gasteiger partial charge on any atom is 0.269 e. The topological polar surface area (TPSA) is 46.4 Å². The molecule has 1 fully saturated rings. The molecule has 1 aliphatic heterocycles. The third kappa shape index (κ3) is 3.68. The Bertz CT molecular complexity index is 412. The summed E-state index contributed by atoms with van der Waals surface area (Å²) in [5.41, 5.74) is 1.22. The van der Waals surface area contributed by atoms with E-state index in [0.29, 0.717) is 6.04 Å². The van der Waals surface area contributed by atoms with Crippen LogP contribution in [0.3, 0.4) is 0 Å². The fraction of sp³-hybridized carbons (Fsp3) is 0.538. The summed E-state index contributed by atoms with van der Waals surface area (Å²) in [6, 6.07) is 7.55. The van der Waals surface area contributed by atoms with Gasteiger partial charge in [-0.1, -0.05) is 18.6 Å². The van der Waals surface area contributed by atoms with Crippen molar-refractivity contribution in [2.75, 3.05) is 6.54 Å². The van der Waals surface area contributed by atoms with Crippen molar-refractivity contribution >= 4 is 18.1 Å². The molecular weight excluding hydrogens is 252 g/mol. The highest BCUT2D eigenvalue weighted by atomic mass is 35.5. The van der Waals surface area contributed by atoms with Gasteiger partial charge in [0.25, 0.3) is 5.69 Å². The van der Waals surface area contributed by atoms with Crippen molar-refractivity contribution in [2.45, 2.75) is 38.8 Å². The second-order valence-electron chi connectivity index (χ2n) is 4.74. The first-order chi connectivity index (χ1) is 8.16. The molecule has 1 atom stereocenters. The molecule has 1 aliphatic rings. The van der Waals surface area contributed by atoms with Crippen LogP contribution in [0.25, 0.3) is 0 Å². The zero-order valence-electron chi connectivity index (χ0n) is 10.5. The van der Waals surface area contributed by atoms with Crippen LogP contribution in [0.4, 0.5) is 5.69 Å². The molecule has 0 bridgehead atoms. The van der Waals surface area contributed by atoms with E-state index in [0.717, 1.165) is 18.7 Å². The van der Waals surface area contributed by atoms with E-state index < -0.39 is 0 Å². The Labute approximate surface area is 114 Å². The fourth-order valence-corrected chi connectivity index (χ4v) is 2.40. The summed E-state index contributed by atoms with van der Waals surface area (Å²) in [5, 5.41) is 10.7. The van der Waals surface area contributed by atoms with E-state index in [4.69, 9.17) is 0 Å². The van der Waals surface area contributed by atoms with Gasteiger partial charge in [-0.25, -0.2) is 0 Å². The number of hydrogen-bond acceptors (Lipinski definition) is 3. The Morgan fingerprint density at radius 1 is 1.44 bits per heavy atom. The minimum atomic E-state index is -0.330. The van der Waals surface area contributed by atoms with E-state index in [-0.39, 0.29) is 23.0 Å². The average molecular weight is 271 g/mol. The predicted octanol–water partition coefficient (Wildman–Crippen LogP) is 3.39. The van der Waals surface area contributed by atoms with Crippen LogP contribution in [-0.4, -0.2) is 22.4 Å². The van der Waals surface area contributed by atoms with Crippen LogP contribution in [-0.2, 0) is 6.54 Å². The first-order valence-corrected chi connectivity index (χ1v) is 6.14. The molecule has 5 heteroatoms. The predicted molar refractivity (Wildman–Crippen MR) is 74.1 cm³/mol. The van der Waals surface area contributed by atoms with Gasteiger partial charge in [-0.15, -0.1) is 12.4 Å².